The van der Waals surface area contributed by atoms with Gasteiger partial charge in [0.1, 0.15) is 12.4 Å². The van der Waals surface area contributed by atoms with Gasteiger partial charge in [-0.1, -0.05) is 12.1 Å². The number of ether oxygens (including phenoxy) is 1. The Balaban J connectivity index is 1.38. The molecule has 20 heavy (non-hydrogen) atoms. The molecule has 2 fully saturated rings. The lowest BCUT2D eigenvalue weighted by atomic mass is 10.2. The predicted octanol–water partition coefficient (Wildman–Crippen LogP) is 2.80. The van der Waals surface area contributed by atoms with Crippen LogP contribution in [0.1, 0.15) is 38.2 Å². The van der Waals surface area contributed by atoms with Gasteiger partial charge in [0, 0.05) is 25.2 Å². The van der Waals surface area contributed by atoms with Crippen LogP contribution < -0.4 is 10.1 Å². The Hall–Kier alpha value is -1.06. The first-order valence-electron chi connectivity index (χ1n) is 8.00. The average molecular weight is 274 g/mol. The average Bonchev–Trinajstić information content (AvgIpc) is 3.21. The maximum absolute atomic E-state index is 5.85. The SMILES string of the molecule is CC1CCCN1CCOc1ccc(CNC2CC2)cc1. The molecule has 110 valence electrons. The highest BCUT2D eigenvalue weighted by Crippen LogP contribution is 2.20. The lowest BCUT2D eigenvalue weighted by molar-refractivity contribution is 0.204. The first kappa shape index (κ1) is 13.9. The van der Waals surface area contributed by atoms with Crippen molar-refractivity contribution in [1.82, 2.24) is 10.2 Å². The van der Waals surface area contributed by atoms with E-state index in [2.05, 4.69) is 41.4 Å². The second-order valence-electron chi connectivity index (χ2n) is 6.17. The molecule has 1 N–H and O–H groups in total. The van der Waals surface area contributed by atoms with E-state index in [-0.39, 0.29) is 0 Å². The second kappa shape index (κ2) is 6.59. The quantitative estimate of drug-likeness (QED) is 0.827. The van der Waals surface area contributed by atoms with Crippen LogP contribution in [0.3, 0.4) is 0 Å². The first-order chi connectivity index (χ1) is 9.81. The lowest BCUT2D eigenvalue weighted by Gasteiger charge is -2.20. The van der Waals surface area contributed by atoms with Crippen molar-refractivity contribution in [3.8, 4) is 5.75 Å². The number of nitrogens with zero attached hydrogens (tertiary/aromatic N) is 1. The Morgan fingerprint density at radius 3 is 2.65 bits per heavy atom. The number of hydrogen-bond acceptors (Lipinski definition) is 3. The minimum absolute atomic E-state index is 0.731. The molecule has 0 aromatic heterocycles. The smallest absolute Gasteiger partial charge is 0.119 e. The molecule has 0 spiro atoms. The predicted molar refractivity (Wildman–Crippen MR) is 82.1 cm³/mol. The van der Waals surface area contributed by atoms with Gasteiger partial charge in [-0.3, -0.25) is 4.90 Å². The Morgan fingerprint density at radius 2 is 2.00 bits per heavy atom. The van der Waals surface area contributed by atoms with Crippen molar-refractivity contribution in [2.45, 2.75) is 51.2 Å². The van der Waals surface area contributed by atoms with Crippen LogP contribution in [0.25, 0.3) is 0 Å². The monoisotopic (exact) mass is 274 g/mol. The maximum Gasteiger partial charge on any atom is 0.119 e. The summed E-state index contributed by atoms with van der Waals surface area (Å²) in [6.07, 6.45) is 5.36. The number of nitrogens with one attached hydrogen (secondary N) is 1. The number of hydrogen-bond donors (Lipinski definition) is 1. The van der Waals surface area contributed by atoms with Crippen LogP contribution in [0.2, 0.25) is 0 Å². The highest BCUT2D eigenvalue weighted by atomic mass is 16.5. The third kappa shape index (κ3) is 3.97. The van der Waals surface area contributed by atoms with Crippen LogP contribution in [0, 0.1) is 0 Å². The lowest BCUT2D eigenvalue weighted by Crippen LogP contribution is -2.31. The standard InChI is InChI=1S/C17H26N2O/c1-14-3-2-10-19(14)11-12-20-17-8-4-15(5-9-17)13-18-16-6-7-16/h4-5,8-9,14,16,18H,2-3,6-7,10-13H2,1H3. The van der Waals surface area contributed by atoms with Crippen LogP contribution in [0.15, 0.2) is 24.3 Å². The molecule has 1 aliphatic carbocycles. The zero-order valence-electron chi connectivity index (χ0n) is 12.5. The minimum atomic E-state index is 0.731. The first-order valence-corrected chi connectivity index (χ1v) is 8.00. The molecule has 3 heteroatoms. The Kier molecular flexibility index (Phi) is 4.58. The molecule has 1 saturated carbocycles. The van der Waals surface area contributed by atoms with Gasteiger partial charge >= 0.3 is 0 Å². The van der Waals surface area contributed by atoms with E-state index in [0.717, 1.165) is 37.5 Å². The summed E-state index contributed by atoms with van der Waals surface area (Å²) >= 11 is 0. The third-order valence-corrected chi connectivity index (χ3v) is 4.43. The molecule has 0 amide bonds. The highest BCUT2D eigenvalue weighted by Gasteiger charge is 2.20. The van der Waals surface area contributed by atoms with Crippen LogP contribution >= 0.6 is 0 Å². The minimum Gasteiger partial charge on any atom is -0.492 e. The molecular weight excluding hydrogens is 248 g/mol. The molecule has 3 nitrogen and oxygen atoms in total. The molecule has 1 aromatic rings. The number of likely N-dealkylation sites (tertiary alicyclic amines) is 1. The second-order valence-corrected chi connectivity index (χ2v) is 6.17. The fraction of sp³-hybridized carbons (Fsp3) is 0.647. The number of rotatable bonds is 7. The number of benzene rings is 1. The topological polar surface area (TPSA) is 24.5 Å². The summed E-state index contributed by atoms with van der Waals surface area (Å²) < 4.78 is 5.85. The van der Waals surface area contributed by atoms with Crippen molar-refractivity contribution in [2.75, 3.05) is 19.7 Å². The molecule has 1 atom stereocenters. The van der Waals surface area contributed by atoms with Gasteiger partial charge in [0.15, 0.2) is 0 Å². The maximum atomic E-state index is 5.85. The van der Waals surface area contributed by atoms with Crippen molar-refractivity contribution < 1.29 is 4.74 Å². The van der Waals surface area contributed by atoms with Gasteiger partial charge in [-0.15, -0.1) is 0 Å². The molecule has 0 bridgehead atoms. The normalized spacial score (nSPS) is 23.1. The summed E-state index contributed by atoms with van der Waals surface area (Å²) in [5, 5.41) is 3.53. The fourth-order valence-corrected chi connectivity index (χ4v) is 2.86. The fourth-order valence-electron chi connectivity index (χ4n) is 2.86. The molecule has 1 unspecified atom stereocenters. The van der Waals surface area contributed by atoms with E-state index in [1.807, 2.05) is 0 Å². The van der Waals surface area contributed by atoms with Crippen LogP contribution in [0.5, 0.6) is 5.75 Å². The zero-order chi connectivity index (χ0) is 13.8. The Morgan fingerprint density at radius 1 is 1.20 bits per heavy atom. The largest absolute Gasteiger partial charge is 0.492 e. The Bertz CT molecular complexity index is 414. The van der Waals surface area contributed by atoms with Crippen molar-refractivity contribution in [3.05, 3.63) is 29.8 Å². The van der Waals surface area contributed by atoms with Crippen molar-refractivity contribution in [3.63, 3.8) is 0 Å². The van der Waals surface area contributed by atoms with Gasteiger partial charge in [-0.2, -0.15) is 0 Å². The summed E-state index contributed by atoms with van der Waals surface area (Å²) in [6.45, 7) is 6.37. The highest BCUT2D eigenvalue weighted by molar-refractivity contribution is 5.27. The summed E-state index contributed by atoms with van der Waals surface area (Å²) in [4.78, 5) is 2.52. The van der Waals surface area contributed by atoms with E-state index >= 15 is 0 Å². The van der Waals surface area contributed by atoms with E-state index in [1.165, 1.54) is 37.8 Å². The van der Waals surface area contributed by atoms with Gasteiger partial charge in [0.05, 0.1) is 0 Å². The van der Waals surface area contributed by atoms with Crippen LogP contribution in [0.4, 0.5) is 0 Å². The van der Waals surface area contributed by atoms with Crippen molar-refractivity contribution in [2.24, 2.45) is 0 Å². The van der Waals surface area contributed by atoms with E-state index in [9.17, 15) is 0 Å². The summed E-state index contributed by atoms with van der Waals surface area (Å²) in [5.74, 6) is 0.993. The molecule has 1 aliphatic heterocycles. The molecule has 3 rings (SSSR count). The molecule has 1 saturated heterocycles. The van der Waals surface area contributed by atoms with Crippen molar-refractivity contribution >= 4 is 0 Å². The summed E-state index contributed by atoms with van der Waals surface area (Å²) in [6, 6.07) is 10.0. The van der Waals surface area contributed by atoms with Crippen LogP contribution in [-0.4, -0.2) is 36.7 Å². The van der Waals surface area contributed by atoms with Gasteiger partial charge in [0.25, 0.3) is 0 Å². The van der Waals surface area contributed by atoms with E-state index in [0.29, 0.717) is 0 Å². The molecule has 1 heterocycles. The zero-order valence-corrected chi connectivity index (χ0v) is 12.5. The summed E-state index contributed by atoms with van der Waals surface area (Å²) in [7, 11) is 0. The van der Waals surface area contributed by atoms with E-state index in [1.54, 1.807) is 0 Å². The van der Waals surface area contributed by atoms with Crippen molar-refractivity contribution in [1.29, 1.82) is 0 Å². The van der Waals surface area contributed by atoms with E-state index in [4.69, 9.17) is 4.74 Å². The third-order valence-electron chi connectivity index (χ3n) is 4.43. The van der Waals surface area contributed by atoms with Gasteiger partial charge in [-0.05, 0) is 56.8 Å². The molecule has 1 aromatic carbocycles. The van der Waals surface area contributed by atoms with Gasteiger partial charge in [0.2, 0.25) is 0 Å². The summed E-state index contributed by atoms with van der Waals surface area (Å²) in [5.41, 5.74) is 1.34. The molecule has 0 radical (unpaired) electrons. The van der Waals surface area contributed by atoms with Gasteiger partial charge < -0.3 is 10.1 Å². The van der Waals surface area contributed by atoms with Crippen LogP contribution in [-0.2, 0) is 6.54 Å². The molecular formula is C17H26N2O. The van der Waals surface area contributed by atoms with Gasteiger partial charge in [-0.25, -0.2) is 0 Å². The molecule has 2 aliphatic rings. The Labute approximate surface area is 122 Å². The van der Waals surface area contributed by atoms with E-state index < -0.39 is 0 Å².